The van der Waals surface area contributed by atoms with Gasteiger partial charge in [-0.25, -0.2) is 4.79 Å². The number of aliphatic hydroxyl groups excluding tert-OH is 1. The van der Waals surface area contributed by atoms with Crippen molar-refractivity contribution in [3.8, 4) is 0 Å². The molecule has 106 valence electrons. The minimum absolute atomic E-state index is 0.0407. The van der Waals surface area contributed by atoms with Gasteiger partial charge in [0.2, 0.25) is 0 Å². The van der Waals surface area contributed by atoms with Crippen molar-refractivity contribution in [3.63, 3.8) is 0 Å². The first-order chi connectivity index (χ1) is 9.69. The highest BCUT2D eigenvalue weighted by Gasteiger charge is 2.51. The molecule has 20 heavy (non-hydrogen) atoms. The first kappa shape index (κ1) is 13.1. The molecule has 1 saturated carbocycles. The number of hydrogen-bond donors (Lipinski definition) is 1. The Morgan fingerprint density at radius 1 is 1.35 bits per heavy atom. The van der Waals surface area contributed by atoms with Gasteiger partial charge < -0.3 is 14.6 Å². The molecule has 0 aromatic heterocycles. The molecule has 2 aliphatic rings. The summed E-state index contributed by atoms with van der Waals surface area (Å²) in [6, 6.07) is 8.74. The Labute approximate surface area is 116 Å². The van der Waals surface area contributed by atoms with E-state index in [4.69, 9.17) is 9.47 Å². The molecule has 3 rings (SSSR count). The lowest BCUT2D eigenvalue weighted by atomic mass is 9.93. The fraction of sp³-hybridized carbons (Fsp3) is 0.467. The maximum Gasteiger partial charge on any atom is 0.338 e. The van der Waals surface area contributed by atoms with Crippen LogP contribution in [0.5, 0.6) is 0 Å². The van der Waals surface area contributed by atoms with Crippen LogP contribution in [0.2, 0.25) is 0 Å². The van der Waals surface area contributed by atoms with Crippen molar-refractivity contribution in [2.75, 3.05) is 6.61 Å². The Kier molecular flexibility index (Phi) is 3.44. The van der Waals surface area contributed by atoms with E-state index in [1.54, 1.807) is 24.3 Å². The van der Waals surface area contributed by atoms with E-state index in [2.05, 4.69) is 0 Å². The number of rotatable bonds is 3. The Bertz CT molecular complexity index is 512. The number of carbonyl (C=O) groups is 2. The number of benzene rings is 1. The largest absolute Gasteiger partial charge is 0.462 e. The quantitative estimate of drug-likeness (QED) is 0.839. The maximum absolute atomic E-state index is 12.0. The summed E-state index contributed by atoms with van der Waals surface area (Å²) in [7, 11) is 0. The van der Waals surface area contributed by atoms with E-state index in [1.165, 1.54) is 0 Å². The van der Waals surface area contributed by atoms with Crippen molar-refractivity contribution in [1.82, 2.24) is 0 Å². The Morgan fingerprint density at radius 3 is 2.80 bits per heavy atom. The molecule has 0 bridgehead atoms. The van der Waals surface area contributed by atoms with Crippen LogP contribution in [0.3, 0.4) is 0 Å². The van der Waals surface area contributed by atoms with Crippen molar-refractivity contribution in [3.05, 3.63) is 35.9 Å². The number of ether oxygens (including phenoxy) is 2. The van der Waals surface area contributed by atoms with Gasteiger partial charge in [-0.2, -0.15) is 0 Å². The zero-order valence-electron chi connectivity index (χ0n) is 10.9. The van der Waals surface area contributed by atoms with E-state index in [1.807, 2.05) is 6.07 Å². The van der Waals surface area contributed by atoms with Gasteiger partial charge in [-0.05, 0) is 12.1 Å². The minimum Gasteiger partial charge on any atom is -0.462 e. The van der Waals surface area contributed by atoms with Crippen LogP contribution in [0.4, 0.5) is 0 Å². The lowest BCUT2D eigenvalue weighted by Crippen LogP contribution is -2.28. The van der Waals surface area contributed by atoms with Crippen LogP contribution in [-0.4, -0.2) is 35.9 Å². The normalized spacial score (nSPS) is 31.8. The van der Waals surface area contributed by atoms with Crippen molar-refractivity contribution in [2.24, 2.45) is 11.8 Å². The van der Waals surface area contributed by atoms with Gasteiger partial charge in [0.25, 0.3) is 0 Å². The number of fused-ring (bicyclic) bond motifs is 1. The summed E-state index contributed by atoms with van der Waals surface area (Å²) in [5, 5.41) is 9.50. The fourth-order valence-electron chi connectivity index (χ4n) is 3.13. The predicted octanol–water partition coefficient (Wildman–Crippen LogP) is 1.16. The molecular formula is C15H16O5. The number of aliphatic hydroxyl groups is 1. The molecule has 0 radical (unpaired) electrons. The highest BCUT2D eigenvalue weighted by Crippen LogP contribution is 2.42. The Morgan fingerprint density at radius 2 is 2.10 bits per heavy atom. The first-order valence-corrected chi connectivity index (χ1v) is 6.75. The van der Waals surface area contributed by atoms with Crippen LogP contribution in [-0.2, 0) is 14.3 Å². The average Bonchev–Trinajstić information content (AvgIpc) is 2.95. The van der Waals surface area contributed by atoms with Crippen molar-refractivity contribution >= 4 is 11.9 Å². The lowest BCUT2D eigenvalue weighted by molar-refractivity contribution is -0.141. The molecule has 1 aliphatic carbocycles. The van der Waals surface area contributed by atoms with Gasteiger partial charge in [0.15, 0.2) is 0 Å². The van der Waals surface area contributed by atoms with Gasteiger partial charge in [-0.1, -0.05) is 18.2 Å². The molecule has 4 unspecified atom stereocenters. The first-order valence-electron chi connectivity index (χ1n) is 6.75. The third-order valence-electron chi connectivity index (χ3n) is 4.13. The molecule has 5 nitrogen and oxygen atoms in total. The summed E-state index contributed by atoms with van der Waals surface area (Å²) < 4.78 is 10.7. The van der Waals surface area contributed by atoms with Gasteiger partial charge in [-0.15, -0.1) is 0 Å². The van der Waals surface area contributed by atoms with E-state index in [-0.39, 0.29) is 30.5 Å². The second-order valence-electron chi connectivity index (χ2n) is 5.29. The smallest absolute Gasteiger partial charge is 0.338 e. The number of esters is 2. The SMILES string of the molecule is O=C1CC2C(CC(OC(=O)c3ccccc3)C2CO)O1. The topological polar surface area (TPSA) is 72.8 Å². The zero-order valence-corrected chi connectivity index (χ0v) is 10.9. The summed E-state index contributed by atoms with van der Waals surface area (Å²) >= 11 is 0. The maximum atomic E-state index is 12.0. The second-order valence-corrected chi connectivity index (χ2v) is 5.29. The van der Waals surface area contributed by atoms with Crippen LogP contribution >= 0.6 is 0 Å². The van der Waals surface area contributed by atoms with E-state index >= 15 is 0 Å². The highest BCUT2D eigenvalue weighted by molar-refractivity contribution is 5.89. The lowest BCUT2D eigenvalue weighted by Gasteiger charge is -2.20. The molecular weight excluding hydrogens is 260 g/mol. The molecule has 1 aliphatic heterocycles. The summed E-state index contributed by atoms with van der Waals surface area (Å²) in [5.74, 6) is -0.896. The molecule has 0 spiro atoms. The van der Waals surface area contributed by atoms with Crippen molar-refractivity contribution in [2.45, 2.75) is 25.0 Å². The third kappa shape index (κ3) is 2.29. The zero-order chi connectivity index (χ0) is 14.1. The van der Waals surface area contributed by atoms with Gasteiger partial charge in [0.1, 0.15) is 12.2 Å². The Hall–Kier alpha value is -1.88. The van der Waals surface area contributed by atoms with Crippen LogP contribution in [0.25, 0.3) is 0 Å². The monoisotopic (exact) mass is 276 g/mol. The predicted molar refractivity (Wildman–Crippen MR) is 68.8 cm³/mol. The number of hydrogen-bond acceptors (Lipinski definition) is 5. The van der Waals surface area contributed by atoms with E-state index in [0.717, 1.165) is 0 Å². The Balaban J connectivity index is 1.69. The van der Waals surface area contributed by atoms with Crippen LogP contribution in [0.15, 0.2) is 30.3 Å². The van der Waals surface area contributed by atoms with E-state index < -0.39 is 12.1 Å². The van der Waals surface area contributed by atoms with Gasteiger partial charge >= 0.3 is 11.9 Å². The highest BCUT2D eigenvalue weighted by atomic mass is 16.6. The minimum atomic E-state index is -0.402. The van der Waals surface area contributed by atoms with E-state index in [0.29, 0.717) is 18.4 Å². The molecule has 1 saturated heterocycles. The van der Waals surface area contributed by atoms with E-state index in [9.17, 15) is 14.7 Å². The van der Waals surface area contributed by atoms with Crippen LogP contribution in [0.1, 0.15) is 23.2 Å². The van der Waals surface area contributed by atoms with Gasteiger partial charge in [-0.3, -0.25) is 4.79 Å². The third-order valence-corrected chi connectivity index (χ3v) is 4.13. The van der Waals surface area contributed by atoms with Crippen molar-refractivity contribution in [1.29, 1.82) is 0 Å². The second kappa shape index (κ2) is 5.25. The molecule has 2 fully saturated rings. The summed E-state index contributed by atoms with van der Waals surface area (Å²) in [4.78, 5) is 23.3. The molecule has 1 N–H and O–H groups in total. The molecule has 1 heterocycles. The summed E-state index contributed by atoms with van der Waals surface area (Å²) in [6.07, 6.45) is 0.152. The van der Waals surface area contributed by atoms with Gasteiger partial charge in [0, 0.05) is 24.9 Å². The molecule has 1 aromatic rings. The molecule has 1 aromatic carbocycles. The average molecular weight is 276 g/mol. The van der Waals surface area contributed by atoms with Crippen LogP contribution < -0.4 is 0 Å². The van der Waals surface area contributed by atoms with Gasteiger partial charge in [0.05, 0.1) is 12.0 Å². The summed E-state index contributed by atoms with van der Waals surface area (Å²) in [5.41, 5.74) is 0.484. The fourth-order valence-corrected chi connectivity index (χ4v) is 3.13. The molecule has 0 amide bonds. The van der Waals surface area contributed by atoms with Crippen molar-refractivity contribution < 1.29 is 24.2 Å². The standard InChI is InChI=1S/C15H16O5/c16-8-11-10-6-14(17)19-12(10)7-13(11)20-15(18)9-4-2-1-3-5-9/h1-5,10-13,16H,6-8H2. The number of carbonyl (C=O) groups excluding carboxylic acids is 2. The molecule has 4 atom stereocenters. The summed E-state index contributed by atoms with van der Waals surface area (Å²) in [6.45, 7) is -0.107. The van der Waals surface area contributed by atoms with Crippen LogP contribution in [0, 0.1) is 11.8 Å². The molecule has 5 heteroatoms.